The molecule has 26 heavy (non-hydrogen) atoms. The van der Waals surface area contributed by atoms with Gasteiger partial charge in [-0.05, 0) is 37.1 Å². The van der Waals surface area contributed by atoms with Gasteiger partial charge in [0, 0.05) is 34.7 Å². The van der Waals surface area contributed by atoms with Crippen LogP contribution in [0.3, 0.4) is 0 Å². The number of nitrogens with one attached hydrogen (secondary N) is 1. The number of benzene rings is 1. The highest BCUT2D eigenvalue weighted by molar-refractivity contribution is 9.10. The summed E-state index contributed by atoms with van der Waals surface area (Å²) in [4.78, 5) is 23.9. The molecule has 0 saturated carbocycles. The Morgan fingerprint density at radius 2 is 2.04 bits per heavy atom. The molecule has 4 rings (SSSR count). The molecule has 1 fully saturated rings. The minimum atomic E-state index is -0.171. The van der Waals surface area contributed by atoms with Gasteiger partial charge in [-0.2, -0.15) is 0 Å². The molecular weight excluding hydrogens is 412 g/mol. The lowest BCUT2D eigenvalue weighted by molar-refractivity contribution is 0.102. The summed E-state index contributed by atoms with van der Waals surface area (Å²) in [6.07, 6.45) is 4.01. The fourth-order valence-corrected chi connectivity index (χ4v) is 4.15. The van der Waals surface area contributed by atoms with Gasteiger partial charge >= 0.3 is 0 Å². The van der Waals surface area contributed by atoms with E-state index in [0.29, 0.717) is 10.7 Å². The van der Waals surface area contributed by atoms with Crippen molar-refractivity contribution in [3.8, 4) is 11.3 Å². The number of nitrogens with zero attached hydrogens (tertiary/aromatic N) is 3. The van der Waals surface area contributed by atoms with Crippen LogP contribution in [0.25, 0.3) is 11.3 Å². The normalized spacial score (nSPS) is 13.8. The molecule has 1 aromatic carbocycles. The van der Waals surface area contributed by atoms with Gasteiger partial charge in [0.1, 0.15) is 5.82 Å². The van der Waals surface area contributed by atoms with E-state index in [2.05, 4.69) is 36.1 Å². The van der Waals surface area contributed by atoms with Gasteiger partial charge in [0.15, 0.2) is 5.13 Å². The Balaban J connectivity index is 1.54. The van der Waals surface area contributed by atoms with Crippen molar-refractivity contribution in [2.45, 2.75) is 12.8 Å². The van der Waals surface area contributed by atoms with E-state index in [1.54, 1.807) is 12.3 Å². The molecule has 2 aromatic heterocycles. The maximum Gasteiger partial charge on any atom is 0.261 e. The third-order valence-corrected chi connectivity index (χ3v) is 5.53. The Kier molecular flexibility index (Phi) is 4.99. The zero-order chi connectivity index (χ0) is 17.9. The van der Waals surface area contributed by atoms with Crippen molar-refractivity contribution in [1.82, 2.24) is 9.97 Å². The number of hydrogen-bond acceptors (Lipinski definition) is 5. The lowest BCUT2D eigenvalue weighted by Crippen LogP contribution is -2.24. The summed E-state index contributed by atoms with van der Waals surface area (Å²) in [5.41, 5.74) is 2.45. The first-order valence-corrected chi connectivity index (χ1v) is 10.1. The number of aromatic nitrogens is 2. The van der Waals surface area contributed by atoms with Crippen molar-refractivity contribution in [1.29, 1.82) is 0 Å². The highest BCUT2D eigenvalue weighted by Crippen LogP contribution is 2.28. The van der Waals surface area contributed by atoms with E-state index in [1.165, 1.54) is 11.3 Å². The largest absolute Gasteiger partial charge is 0.356 e. The molecule has 7 heteroatoms. The summed E-state index contributed by atoms with van der Waals surface area (Å²) >= 11 is 4.89. The Morgan fingerprint density at radius 3 is 2.85 bits per heavy atom. The van der Waals surface area contributed by atoms with Crippen molar-refractivity contribution < 1.29 is 4.79 Å². The number of carbonyl (C=O) groups excluding carboxylic acids is 1. The zero-order valence-electron chi connectivity index (χ0n) is 14.0. The van der Waals surface area contributed by atoms with Crippen LogP contribution in [0.15, 0.2) is 52.4 Å². The van der Waals surface area contributed by atoms with E-state index in [4.69, 9.17) is 0 Å². The minimum absolute atomic E-state index is 0.171. The Morgan fingerprint density at radius 1 is 1.19 bits per heavy atom. The predicted molar refractivity (Wildman–Crippen MR) is 109 cm³/mol. The summed E-state index contributed by atoms with van der Waals surface area (Å²) in [6.45, 7) is 1.89. The molecule has 1 amide bonds. The fourth-order valence-electron chi connectivity index (χ4n) is 3.03. The third-order valence-electron chi connectivity index (χ3n) is 4.28. The van der Waals surface area contributed by atoms with Crippen LogP contribution in [0, 0.1) is 0 Å². The average Bonchev–Trinajstić information content (AvgIpc) is 3.34. The molecule has 132 valence electrons. The Bertz CT molecular complexity index is 937. The standard InChI is InChI=1S/C19H17BrN4OS/c20-14-6-3-5-13(11-14)16-12-26-19(22-16)23-18(25)15-7-4-8-21-17(15)24-9-1-2-10-24/h3-8,11-12H,1-2,9-10H2,(H,22,23,25). The molecule has 0 spiro atoms. The fraction of sp³-hybridized carbons (Fsp3) is 0.211. The predicted octanol–water partition coefficient (Wildman–Crippen LogP) is 4.82. The summed E-state index contributed by atoms with van der Waals surface area (Å²) in [5, 5.41) is 5.45. The SMILES string of the molecule is O=C(Nc1nc(-c2cccc(Br)c2)cs1)c1cccnc1N1CCCC1. The van der Waals surface area contributed by atoms with E-state index >= 15 is 0 Å². The van der Waals surface area contributed by atoms with E-state index in [0.717, 1.165) is 47.5 Å². The molecule has 0 unspecified atom stereocenters. The van der Waals surface area contributed by atoms with Crippen LogP contribution >= 0.6 is 27.3 Å². The number of hydrogen-bond donors (Lipinski definition) is 1. The molecule has 0 bridgehead atoms. The van der Waals surface area contributed by atoms with Gasteiger partial charge in [-0.1, -0.05) is 28.1 Å². The Hall–Kier alpha value is -2.25. The second-order valence-corrected chi connectivity index (χ2v) is 7.84. The molecule has 3 heterocycles. The maximum atomic E-state index is 12.8. The number of anilines is 2. The highest BCUT2D eigenvalue weighted by atomic mass is 79.9. The van der Waals surface area contributed by atoms with Crippen molar-refractivity contribution >= 4 is 44.1 Å². The minimum Gasteiger partial charge on any atom is -0.356 e. The van der Waals surface area contributed by atoms with Crippen molar-refractivity contribution in [3.05, 3.63) is 58.0 Å². The molecular formula is C19H17BrN4OS. The number of thiazole rings is 1. The molecule has 0 radical (unpaired) electrons. The molecule has 0 aliphatic carbocycles. The highest BCUT2D eigenvalue weighted by Gasteiger charge is 2.21. The second-order valence-electron chi connectivity index (χ2n) is 6.07. The first kappa shape index (κ1) is 17.2. The van der Waals surface area contributed by atoms with Crippen LogP contribution in [0.2, 0.25) is 0 Å². The van der Waals surface area contributed by atoms with E-state index in [-0.39, 0.29) is 5.91 Å². The number of rotatable bonds is 4. The molecule has 1 N–H and O–H groups in total. The van der Waals surface area contributed by atoms with Gasteiger partial charge in [0.25, 0.3) is 5.91 Å². The van der Waals surface area contributed by atoms with Gasteiger partial charge in [0.05, 0.1) is 11.3 Å². The van der Waals surface area contributed by atoms with E-state index in [9.17, 15) is 4.79 Å². The van der Waals surface area contributed by atoms with Crippen molar-refractivity contribution in [2.75, 3.05) is 23.3 Å². The number of pyridine rings is 1. The van der Waals surface area contributed by atoms with E-state index in [1.807, 2.05) is 35.7 Å². The van der Waals surface area contributed by atoms with E-state index < -0.39 is 0 Å². The van der Waals surface area contributed by atoms with Gasteiger partial charge in [-0.25, -0.2) is 9.97 Å². The lowest BCUT2D eigenvalue weighted by Gasteiger charge is -2.19. The average molecular weight is 429 g/mol. The monoisotopic (exact) mass is 428 g/mol. The molecule has 5 nitrogen and oxygen atoms in total. The van der Waals surface area contributed by atoms with Crippen LogP contribution in [0.5, 0.6) is 0 Å². The molecule has 3 aromatic rings. The second kappa shape index (κ2) is 7.55. The quantitative estimate of drug-likeness (QED) is 0.646. The van der Waals surface area contributed by atoms with Crippen LogP contribution in [-0.2, 0) is 0 Å². The lowest BCUT2D eigenvalue weighted by atomic mass is 10.2. The van der Waals surface area contributed by atoms with Crippen LogP contribution in [0.1, 0.15) is 23.2 Å². The number of halogens is 1. The van der Waals surface area contributed by atoms with Gasteiger partial charge in [0.2, 0.25) is 0 Å². The van der Waals surface area contributed by atoms with Gasteiger partial charge in [-0.3, -0.25) is 10.1 Å². The van der Waals surface area contributed by atoms with Crippen molar-refractivity contribution in [2.24, 2.45) is 0 Å². The maximum absolute atomic E-state index is 12.8. The number of carbonyl (C=O) groups is 1. The number of amides is 1. The Labute approximate surface area is 164 Å². The smallest absolute Gasteiger partial charge is 0.261 e. The van der Waals surface area contributed by atoms with Crippen LogP contribution in [-0.4, -0.2) is 29.0 Å². The summed E-state index contributed by atoms with van der Waals surface area (Å²) in [7, 11) is 0. The van der Waals surface area contributed by atoms with Crippen LogP contribution in [0.4, 0.5) is 10.9 Å². The van der Waals surface area contributed by atoms with Crippen LogP contribution < -0.4 is 10.2 Å². The summed E-state index contributed by atoms with van der Waals surface area (Å²) in [6, 6.07) is 11.6. The van der Waals surface area contributed by atoms with Gasteiger partial charge in [-0.15, -0.1) is 11.3 Å². The molecule has 1 aliphatic heterocycles. The summed E-state index contributed by atoms with van der Waals surface area (Å²) in [5.74, 6) is 0.585. The molecule has 0 atom stereocenters. The zero-order valence-corrected chi connectivity index (χ0v) is 16.4. The first-order chi connectivity index (χ1) is 12.7. The van der Waals surface area contributed by atoms with Gasteiger partial charge < -0.3 is 4.90 Å². The van der Waals surface area contributed by atoms with Crippen molar-refractivity contribution in [3.63, 3.8) is 0 Å². The third kappa shape index (κ3) is 3.64. The molecule has 1 saturated heterocycles. The molecule has 1 aliphatic rings. The topological polar surface area (TPSA) is 58.1 Å². The first-order valence-electron chi connectivity index (χ1n) is 8.43. The summed E-state index contributed by atoms with van der Waals surface area (Å²) < 4.78 is 0.999.